The average Bonchev–Trinajstić information content (AvgIpc) is 3.07. The average molecular weight is 257 g/mol. The lowest BCUT2D eigenvalue weighted by Crippen LogP contribution is -2.39. The van der Waals surface area contributed by atoms with Gasteiger partial charge in [-0.3, -0.25) is 0 Å². The van der Waals surface area contributed by atoms with Crippen LogP contribution in [0, 0.1) is 17.8 Å². The van der Waals surface area contributed by atoms with Gasteiger partial charge in [0.25, 0.3) is 0 Å². The van der Waals surface area contributed by atoms with Crippen molar-refractivity contribution >= 4 is 0 Å². The number of nitrogens with one attached hydrogen (secondary N) is 1. The summed E-state index contributed by atoms with van der Waals surface area (Å²) in [6.07, 6.45) is 8.58. The van der Waals surface area contributed by atoms with Gasteiger partial charge in [0, 0.05) is 6.04 Å². The highest BCUT2D eigenvalue weighted by Crippen LogP contribution is 2.50. The minimum Gasteiger partial charge on any atom is -0.314 e. The van der Waals surface area contributed by atoms with E-state index in [9.17, 15) is 0 Å². The van der Waals surface area contributed by atoms with E-state index < -0.39 is 0 Å². The molecule has 4 unspecified atom stereocenters. The summed E-state index contributed by atoms with van der Waals surface area (Å²) in [6, 6.07) is 11.7. The summed E-state index contributed by atoms with van der Waals surface area (Å²) in [5, 5.41) is 3.78. The molecule has 2 fully saturated rings. The molecule has 2 bridgehead atoms. The zero-order chi connectivity index (χ0) is 13.1. The maximum Gasteiger partial charge on any atom is 0.0101 e. The fourth-order valence-electron chi connectivity index (χ4n) is 4.48. The summed E-state index contributed by atoms with van der Waals surface area (Å²) in [5.74, 6) is 3.06. The van der Waals surface area contributed by atoms with E-state index in [2.05, 4.69) is 42.6 Å². The van der Waals surface area contributed by atoms with Gasteiger partial charge in [-0.25, -0.2) is 0 Å². The van der Waals surface area contributed by atoms with E-state index in [1.54, 1.807) is 0 Å². The monoisotopic (exact) mass is 257 g/mol. The fourth-order valence-corrected chi connectivity index (χ4v) is 4.48. The van der Waals surface area contributed by atoms with Gasteiger partial charge in [-0.15, -0.1) is 0 Å². The van der Waals surface area contributed by atoms with Crippen LogP contribution in [0.1, 0.15) is 44.6 Å². The Labute approximate surface area is 117 Å². The molecule has 0 heterocycles. The van der Waals surface area contributed by atoms with Crippen LogP contribution in [0.15, 0.2) is 30.3 Å². The van der Waals surface area contributed by atoms with Crippen molar-refractivity contribution in [3.8, 4) is 0 Å². The van der Waals surface area contributed by atoms with Crippen LogP contribution >= 0.6 is 0 Å². The van der Waals surface area contributed by atoms with Gasteiger partial charge in [0.05, 0.1) is 0 Å². The minimum atomic E-state index is 0.750. The Morgan fingerprint density at radius 1 is 1.16 bits per heavy atom. The molecule has 2 aliphatic rings. The zero-order valence-corrected chi connectivity index (χ0v) is 12.1. The summed E-state index contributed by atoms with van der Waals surface area (Å²) in [5.41, 5.74) is 1.49. The van der Waals surface area contributed by atoms with Crippen molar-refractivity contribution in [2.75, 3.05) is 6.54 Å². The molecule has 3 rings (SSSR count). The smallest absolute Gasteiger partial charge is 0.0101 e. The van der Waals surface area contributed by atoms with Crippen molar-refractivity contribution in [1.29, 1.82) is 0 Å². The predicted octanol–water partition coefficient (Wildman–Crippen LogP) is 4.03. The van der Waals surface area contributed by atoms with Gasteiger partial charge < -0.3 is 5.32 Å². The number of benzene rings is 1. The normalized spacial score (nSPS) is 30.7. The zero-order valence-electron chi connectivity index (χ0n) is 12.1. The van der Waals surface area contributed by atoms with E-state index in [0.29, 0.717) is 0 Å². The Bertz CT molecular complexity index is 386. The lowest BCUT2D eigenvalue weighted by Gasteiger charge is -2.31. The first-order chi connectivity index (χ1) is 9.36. The first-order valence-corrected chi connectivity index (χ1v) is 8.14. The molecular formula is C18H27N. The van der Waals surface area contributed by atoms with Gasteiger partial charge in [0.2, 0.25) is 0 Å². The van der Waals surface area contributed by atoms with Gasteiger partial charge in [-0.1, -0.05) is 43.7 Å². The van der Waals surface area contributed by atoms with Crippen molar-refractivity contribution in [1.82, 2.24) is 5.32 Å². The molecule has 0 radical (unpaired) electrons. The number of aryl methyl sites for hydroxylation is 1. The largest absolute Gasteiger partial charge is 0.314 e. The number of rotatable bonds is 6. The van der Waals surface area contributed by atoms with Crippen molar-refractivity contribution < 1.29 is 0 Å². The Morgan fingerprint density at radius 3 is 2.63 bits per heavy atom. The van der Waals surface area contributed by atoms with Crippen LogP contribution in [0.4, 0.5) is 0 Å². The molecule has 0 amide bonds. The number of fused-ring (bicyclic) bond motifs is 2. The van der Waals surface area contributed by atoms with E-state index in [1.165, 1.54) is 44.1 Å². The molecule has 104 valence electrons. The van der Waals surface area contributed by atoms with Crippen LogP contribution in [0.25, 0.3) is 0 Å². The quantitative estimate of drug-likeness (QED) is 0.811. The molecule has 1 heteroatoms. The van der Waals surface area contributed by atoms with E-state index in [0.717, 1.165) is 30.3 Å². The second-order valence-electron chi connectivity index (χ2n) is 6.53. The van der Waals surface area contributed by atoms with Crippen LogP contribution in [-0.2, 0) is 6.42 Å². The molecular weight excluding hydrogens is 230 g/mol. The van der Waals surface area contributed by atoms with Gasteiger partial charge in [-0.2, -0.15) is 0 Å². The van der Waals surface area contributed by atoms with Crippen molar-refractivity contribution in [3.63, 3.8) is 0 Å². The maximum atomic E-state index is 3.78. The Balaban J connectivity index is 1.58. The third-order valence-electron chi connectivity index (χ3n) is 5.36. The van der Waals surface area contributed by atoms with Gasteiger partial charge in [0.15, 0.2) is 0 Å². The van der Waals surface area contributed by atoms with Gasteiger partial charge in [-0.05, 0) is 62.0 Å². The fraction of sp³-hybridized carbons (Fsp3) is 0.667. The first-order valence-electron chi connectivity index (χ1n) is 8.14. The summed E-state index contributed by atoms with van der Waals surface area (Å²) in [6.45, 7) is 3.37. The lowest BCUT2D eigenvalue weighted by molar-refractivity contribution is 0.241. The highest BCUT2D eigenvalue weighted by Gasteiger charge is 2.42. The first kappa shape index (κ1) is 13.2. The third-order valence-corrected chi connectivity index (χ3v) is 5.36. The molecule has 0 saturated heterocycles. The number of hydrogen-bond donors (Lipinski definition) is 1. The van der Waals surface area contributed by atoms with Gasteiger partial charge >= 0.3 is 0 Å². The van der Waals surface area contributed by atoms with Crippen LogP contribution in [0.2, 0.25) is 0 Å². The molecule has 19 heavy (non-hydrogen) atoms. The van der Waals surface area contributed by atoms with Crippen LogP contribution < -0.4 is 5.32 Å². The SMILES string of the molecule is CCNC(CCc1ccccc1)C1CC2CCC1C2. The molecule has 0 aliphatic heterocycles. The van der Waals surface area contributed by atoms with E-state index >= 15 is 0 Å². The molecule has 0 aromatic heterocycles. The van der Waals surface area contributed by atoms with Crippen molar-refractivity contribution in [2.45, 2.75) is 51.5 Å². The van der Waals surface area contributed by atoms with Crippen molar-refractivity contribution in [3.05, 3.63) is 35.9 Å². The standard InChI is InChI=1S/C18H27N/c1-2-19-18(11-9-14-6-4-3-5-7-14)17-13-15-8-10-16(17)12-15/h3-7,15-19H,2,8-13H2,1H3. The van der Waals surface area contributed by atoms with Crippen LogP contribution in [0.3, 0.4) is 0 Å². The molecule has 1 aromatic rings. The topological polar surface area (TPSA) is 12.0 Å². The van der Waals surface area contributed by atoms with E-state index in [-0.39, 0.29) is 0 Å². The molecule has 0 spiro atoms. The molecule has 2 aliphatic carbocycles. The maximum absolute atomic E-state index is 3.78. The van der Waals surface area contributed by atoms with Crippen LogP contribution in [-0.4, -0.2) is 12.6 Å². The lowest BCUT2D eigenvalue weighted by atomic mass is 9.81. The number of hydrogen-bond acceptors (Lipinski definition) is 1. The Kier molecular flexibility index (Phi) is 4.22. The predicted molar refractivity (Wildman–Crippen MR) is 81.2 cm³/mol. The minimum absolute atomic E-state index is 0.750. The summed E-state index contributed by atoms with van der Waals surface area (Å²) < 4.78 is 0. The summed E-state index contributed by atoms with van der Waals surface area (Å²) in [7, 11) is 0. The molecule has 2 saturated carbocycles. The second kappa shape index (κ2) is 6.09. The van der Waals surface area contributed by atoms with E-state index in [4.69, 9.17) is 0 Å². The molecule has 1 nitrogen and oxygen atoms in total. The summed E-state index contributed by atoms with van der Waals surface area (Å²) >= 11 is 0. The Morgan fingerprint density at radius 2 is 2.00 bits per heavy atom. The molecule has 1 aromatic carbocycles. The van der Waals surface area contributed by atoms with Crippen LogP contribution in [0.5, 0.6) is 0 Å². The highest BCUT2D eigenvalue weighted by atomic mass is 14.9. The highest BCUT2D eigenvalue weighted by molar-refractivity contribution is 5.15. The second-order valence-corrected chi connectivity index (χ2v) is 6.53. The Hall–Kier alpha value is -0.820. The molecule has 1 N–H and O–H groups in total. The summed E-state index contributed by atoms with van der Waals surface area (Å²) in [4.78, 5) is 0. The molecule has 4 atom stereocenters. The third kappa shape index (κ3) is 3.02. The van der Waals surface area contributed by atoms with Crippen molar-refractivity contribution in [2.24, 2.45) is 17.8 Å². The van der Waals surface area contributed by atoms with E-state index in [1.807, 2.05) is 0 Å². The van der Waals surface area contributed by atoms with Gasteiger partial charge in [0.1, 0.15) is 0 Å².